The van der Waals surface area contributed by atoms with Crippen molar-refractivity contribution in [3.8, 4) is 0 Å². The predicted molar refractivity (Wildman–Crippen MR) is 157 cm³/mol. The monoisotopic (exact) mass is 536 g/mol. The molecule has 4 unspecified atom stereocenters. The van der Waals surface area contributed by atoms with Gasteiger partial charge in [-0.15, -0.1) is 0 Å². The Morgan fingerprint density at radius 2 is 1.87 bits per heavy atom. The molecule has 2 aliphatic carbocycles. The molecule has 2 amide bonds. The number of carbonyl (C=O) groups excluding carboxylic acids is 2. The van der Waals surface area contributed by atoms with Crippen LogP contribution in [0.2, 0.25) is 0 Å². The van der Waals surface area contributed by atoms with Crippen LogP contribution in [0.4, 0.5) is 5.69 Å². The quantitative estimate of drug-likeness (QED) is 0.263. The summed E-state index contributed by atoms with van der Waals surface area (Å²) in [4.78, 5) is 30.9. The van der Waals surface area contributed by atoms with E-state index in [9.17, 15) is 9.59 Å². The van der Waals surface area contributed by atoms with Gasteiger partial charge in [0, 0.05) is 37.9 Å². The van der Waals surface area contributed by atoms with Crippen molar-refractivity contribution in [2.45, 2.75) is 70.5 Å². The molecule has 0 spiro atoms. The standard InChI is InChI=1S/C23H28N4O3.C8H16O/c1-3-6-16(22-26-20-11-10-18(25-15-28)14-21(20)27-22)8-5-12-24-23(29)17-7-4-9-19(13-17)30-2;1-7-4-3-5-8(6-7)9-2/h3,5-6,8,10-11,14-15,17,19H,1,4,7,9,12-13H2,2H3,(H,24,29)(H,25,28)(H,26,27);7-8H,3-6H2,1-2H3/b8-5-,16-6+;. The SMILES string of the molecule is C=C/C=C(\C=C/CNC(=O)C1CCCC(OC)C1)c1nc2ccc(NC=O)cc2[nH]1.COC1CCCC(C)C1. The summed E-state index contributed by atoms with van der Waals surface area (Å²) in [6.45, 7) is 6.52. The van der Waals surface area contributed by atoms with Gasteiger partial charge in [-0.1, -0.05) is 57.1 Å². The van der Waals surface area contributed by atoms with Crippen molar-refractivity contribution in [2.75, 3.05) is 26.1 Å². The lowest BCUT2D eigenvalue weighted by atomic mass is 9.86. The first kappa shape index (κ1) is 30.3. The van der Waals surface area contributed by atoms with E-state index >= 15 is 0 Å². The van der Waals surface area contributed by atoms with Gasteiger partial charge in [0.2, 0.25) is 12.3 Å². The summed E-state index contributed by atoms with van der Waals surface area (Å²) in [5, 5.41) is 5.62. The zero-order valence-corrected chi connectivity index (χ0v) is 23.6. The number of carbonyl (C=O) groups is 2. The Labute approximate surface area is 232 Å². The van der Waals surface area contributed by atoms with E-state index in [0.717, 1.165) is 48.2 Å². The number of anilines is 1. The Morgan fingerprint density at radius 1 is 1.13 bits per heavy atom. The molecule has 8 heteroatoms. The average Bonchev–Trinajstić information content (AvgIpc) is 3.38. The van der Waals surface area contributed by atoms with Crippen LogP contribution in [0.15, 0.2) is 49.1 Å². The third-order valence-electron chi connectivity index (χ3n) is 7.52. The second kappa shape index (κ2) is 16.0. The van der Waals surface area contributed by atoms with Gasteiger partial charge in [0.05, 0.1) is 23.2 Å². The van der Waals surface area contributed by atoms with Crippen LogP contribution in [0, 0.1) is 11.8 Å². The maximum atomic E-state index is 12.4. The number of amides is 2. The number of benzene rings is 1. The third-order valence-corrected chi connectivity index (χ3v) is 7.52. The first-order valence-corrected chi connectivity index (χ1v) is 14.0. The van der Waals surface area contributed by atoms with E-state index in [1.807, 2.05) is 37.5 Å². The van der Waals surface area contributed by atoms with Gasteiger partial charge in [0.15, 0.2) is 0 Å². The Bertz CT molecular complexity index is 1140. The molecule has 4 atom stereocenters. The number of allylic oxidation sites excluding steroid dienone is 4. The summed E-state index contributed by atoms with van der Waals surface area (Å²) in [5.41, 5.74) is 3.15. The fourth-order valence-corrected chi connectivity index (χ4v) is 5.32. The summed E-state index contributed by atoms with van der Waals surface area (Å²) in [6.07, 6.45) is 17.8. The summed E-state index contributed by atoms with van der Waals surface area (Å²) >= 11 is 0. The van der Waals surface area contributed by atoms with Crippen molar-refractivity contribution in [1.82, 2.24) is 15.3 Å². The zero-order valence-electron chi connectivity index (χ0n) is 23.6. The zero-order chi connectivity index (χ0) is 28.0. The van der Waals surface area contributed by atoms with Gasteiger partial charge in [-0.2, -0.15) is 0 Å². The van der Waals surface area contributed by atoms with Crippen LogP contribution >= 0.6 is 0 Å². The Kier molecular flexibility index (Phi) is 12.4. The van der Waals surface area contributed by atoms with Crippen LogP contribution in [-0.2, 0) is 19.1 Å². The lowest BCUT2D eigenvalue weighted by Gasteiger charge is -2.27. The van der Waals surface area contributed by atoms with Crippen LogP contribution in [0.3, 0.4) is 0 Å². The van der Waals surface area contributed by atoms with Crippen LogP contribution in [-0.4, -0.2) is 55.3 Å². The molecule has 0 saturated heterocycles. The van der Waals surface area contributed by atoms with Crippen molar-refractivity contribution < 1.29 is 19.1 Å². The molecule has 2 aliphatic rings. The van der Waals surface area contributed by atoms with Crippen molar-refractivity contribution in [3.63, 3.8) is 0 Å². The molecule has 0 radical (unpaired) electrons. The highest BCUT2D eigenvalue weighted by Crippen LogP contribution is 2.26. The highest BCUT2D eigenvalue weighted by Gasteiger charge is 2.26. The fraction of sp³-hybridized carbons (Fsp3) is 0.516. The van der Waals surface area contributed by atoms with Crippen molar-refractivity contribution in [2.24, 2.45) is 11.8 Å². The maximum absolute atomic E-state index is 12.4. The Hall–Kier alpha value is -3.23. The molecular weight excluding hydrogens is 492 g/mol. The summed E-state index contributed by atoms with van der Waals surface area (Å²) in [6, 6.07) is 5.46. The maximum Gasteiger partial charge on any atom is 0.223 e. The van der Waals surface area contributed by atoms with Gasteiger partial charge < -0.3 is 25.1 Å². The number of aromatic nitrogens is 2. The minimum Gasteiger partial charge on any atom is -0.381 e. The molecule has 3 N–H and O–H groups in total. The number of aromatic amines is 1. The number of nitrogens with zero attached hydrogens (tertiary/aromatic N) is 1. The molecule has 1 heterocycles. The first-order valence-electron chi connectivity index (χ1n) is 14.0. The van der Waals surface area contributed by atoms with Crippen molar-refractivity contribution >= 4 is 34.6 Å². The average molecular weight is 537 g/mol. The van der Waals surface area contributed by atoms with Crippen molar-refractivity contribution in [1.29, 1.82) is 0 Å². The molecule has 2 saturated carbocycles. The molecule has 0 bridgehead atoms. The first-order chi connectivity index (χ1) is 19.0. The van der Waals surface area contributed by atoms with E-state index in [1.54, 1.807) is 19.3 Å². The molecular formula is C31H44N4O4. The molecule has 2 fully saturated rings. The smallest absolute Gasteiger partial charge is 0.223 e. The summed E-state index contributed by atoms with van der Waals surface area (Å²) in [7, 11) is 3.53. The van der Waals surface area contributed by atoms with E-state index in [0.29, 0.717) is 30.6 Å². The molecule has 1 aromatic carbocycles. The number of nitrogens with one attached hydrogen (secondary N) is 3. The normalized spacial score (nSPS) is 23.6. The molecule has 1 aromatic heterocycles. The number of methoxy groups -OCH3 is 2. The fourth-order valence-electron chi connectivity index (χ4n) is 5.32. The van der Waals surface area contributed by atoms with Crippen molar-refractivity contribution in [3.05, 3.63) is 54.9 Å². The molecule has 212 valence electrons. The number of hydrogen-bond donors (Lipinski definition) is 3. The second-order valence-corrected chi connectivity index (χ2v) is 10.4. The van der Waals surface area contributed by atoms with Gasteiger partial charge in [-0.25, -0.2) is 4.98 Å². The molecule has 8 nitrogen and oxygen atoms in total. The molecule has 4 rings (SSSR count). The van der Waals surface area contributed by atoms with E-state index in [4.69, 9.17) is 9.47 Å². The number of fused-ring (bicyclic) bond motifs is 1. The number of rotatable bonds is 10. The van der Waals surface area contributed by atoms with E-state index in [1.165, 1.54) is 25.7 Å². The van der Waals surface area contributed by atoms with Crippen LogP contribution in [0.25, 0.3) is 16.6 Å². The minimum atomic E-state index is 0.0184. The number of H-pyrrole nitrogens is 1. The van der Waals surface area contributed by atoms with E-state index < -0.39 is 0 Å². The molecule has 0 aliphatic heterocycles. The largest absolute Gasteiger partial charge is 0.381 e. The number of ether oxygens (including phenoxy) is 2. The van der Waals surface area contributed by atoms with E-state index in [-0.39, 0.29) is 17.9 Å². The second-order valence-electron chi connectivity index (χ2n) is 10.4. The highest BCUT2D eigenvalue weighted by atomic mass is 16.5. The van der Waals surface area contributed by atoms with Gasteiger partial charge in [-0.3, -0.25) is 9.59 Å². The Morgan fingerprint density at radius 3 is 2.54 bits per heavy atom. The lowest BCUT2D eigenvalue weighted by molar-refractivity contribution is -0.127. The van der Waals surface area contributed by atoms with Crippen LogP contribution in [0.1, 0.15) is 64.1 Å². The lowest BCUT2D eigenvalue weighted by Crippen LogP contribution is -2.35. The molecule has 39 heavy (non-hydrogen) atoms. The molecule has 2 aromatic rings. The van der Waals surface area contributed by atoms with Gasteiger partial charge in [0.25, 0.3) is 0 Å². The minimum absolute atomic E-state index is 0.0184. The highest BCUT2D eigenvalue weighted by molar-refractivity contribution is 5.86. The summed E-state index contributed by atoms with van der Waals surface area (Å²) < 4.78 is 10.7. The van der Waals surface area contributed by atoms with Crippen LogP contribution in [0.5, 0.6) is 0 Å². The topological polar surface area (TPSA) is 105 Å². The van der Waals surface area contributed by atoms with Gasteiger partial charge in [0.1, 0.15) is 5.82 Å². The van der Waals surface area contributed by atoms with Gasteiger partial charge in [-0.05, 0) is 56.2 Å². The van der Waals surface area contributed by atoms with Crippen LogP contribution < -0.4 is 10.6 Å². The predicted octanol–water partition coefficient (Wildman–Crippen LogP) is 5.79. The number of hydrogen-bond acceptors (Lipinski definition) is 5. The number of imidazole rings is 1. The third kappa shape index (κ3) is 9.48. The van der Waals surface area contributed by atoms with Gasteiger partial charge >= 0.3 is 0 Å². The Balaban J connectivity index is 0.000000395. The van der Waals surface area contributed by atoms with E-state index in [2.05, 4.69) is 34.1 Å². The summed E-state index contributed by atoms with van der Waals surface area (Å²) in [5.74, 6) is 1.68.